The fourth-order valence-electron chi connectivity index (χ4n) is 2.97. The van der Waals surface area contributed by atoms with E-state index in [0.29, 0.717) is 24.4 Å². The molecule has 2 fully saturated rings. The summed E-state index contributed by atoms with van der Waals surface area (Å²) in [5, 5.41) is 3.00. The molecule has 6 nitrogen and oxygen atoms in total. The van der Waals surface area contributed by atoms with Gasteiger partial charge in [0, 0.05) is 37.5 Å². The van der Waals surface area contributed by atoms with E-state index in [1.165, 1.54) is 6.92 Å². The van der Waals surface area contributed by atoms with E-state index in [-0.39, 0.29) is 23.8 Å². The first-order valence-corrected chi connectivity index (χ1v) is 8.41. The van der Waals surface area contributed by atoms with Crippen molar-refractivity contribution in [1.29, 1.82) is 0 Å². The number of nitrogens with one attached hydrogen (secondary N) is 1. The van der Waals surface area contributed by atoms with Gasteiger partial charge in [-0.2, -0.15) is 0 Å². The lowest BCUT2D eigenvalue weighted by Gasteiger charge is -2.32. The molecule has 24 heavy (non-hydrogen) atoms. The van der Waals surface area contributed by atoms with Crippen LogP contribution in [0.3, 0.4) is 0 Å². The van der Waals surface area contributed by atoms with Crippen LogP contribution in [0.4, 0.5) is 0 Å². The number of carbonyl (C=O) groups excluding carboxylic acids is 3. The lowest BCUT2D eigenvalue weighted by Crippen LogP contribution is -2.47. The molecule has 1 saturated heterocycles. The van der Waals surface area contributed by atoms with Crippen molar-refractivity contribution >= 4 is 17.8 Å². The predicted octanol–water partition coefficient (Wildman–Crippen LogP) is 1.74. The molecule has 1 aliphatic carbocycles. The third-order valence-electron chi connectivity index (χ3n) is 4.43. The van der Waals surface area contributed by atoms with Gasteiger partial charge in [0.15, 0.2) is 0 Å². The number of hydrogen-bond donors (Lipinski definition) is 1. The standard InChI is InChI=1S/C18H22N2O4/c1-12(21)24-16-4-2-3-14(11-16)17(22)19-15-7-9-20(10-8-15)18(23)13-5-6-13/h2-4,11,13,15H,5-10H2,1H3,(H,19,22). The van der Waals surface area contributed by atoms with Crippen LogP contribution in [-0.2, 0) is 9.59 Å². The molecule has 1 heterocycles. The maximum absolute atomic E-state index is 12.4. The zero-order valence-electron chi connectivity index (χ0n) is 13.8. The Morgan fingerprint density at radius 3 is 2.46 bits per heavy atom. The van der Waals surface area contributed by atoms with Gasteiger partial charge in [-0.25, -0.2) is 0 Å². The SMILES string of the molecule is CC(=O)Oc1cccc(C(=O)NC2CCN(C(=O)C3CC3)CC2)c1. The Hall–Kier alpha value is -2.37. The van der Waals surface area contributed by atoms with Gasteiger partial charge in [-0.05, 0) is 43.9 Å². The van der Waals surface area contributed by atoms with E-state index in [0.717, 1.165) is 25.7 Å². The molecule has 2 aliphatic rings. The third-order valence-corrected chi connectivity index (χ3v) is 4.43. The van der Waals surface area contributed by atoms with E-state index >= 15 is 0 Å². The molecule has 6 heteroatoms. The van der Waals surface area contributed by atoms with E-state index in [9.17, 15) is 14.4 Å². The first kappa shape index (κ1) is 16.5. The fourth-order valence-corrected chi connectivity index (χ4v) is 2.97. The van der Waals surface area contributed by atoms with Crippen molar-refractivity contribution in [2.24, 2.45) is 5.92 Å². The van der Waals surface area contributed by atoms with Gasteiger partial charge in [0.05, 0.1) is 0 Å². The van der Waals surface area contributed by atoms with Crippen molar-refractivity contribution in [3.63, 3.8) is 0 Å². The van der Waals surface area contributed by atoms with Crippen LogP contribution >= 0.6 is 0 Å². The molecule has 0 atom stereocenters. The number of nitrogens with zero attached hydrogens (tertiary/aromatic N) is 1. The molecule has 1 saturated carbocycles. The highest BCUT2D eigenvalue weighted by molar-refractivity contribution is 5.95. The summed E-state index contributed by atoms with van der Waals surface area (Å²) in [7, 11) is 0. The molecule has 1 aliphatic heterocycles. The Bertz CT molecular complexity index is 646. The third kappa shape index (κ3) is 4.13. The maximum atomic E-state index is 12.4. The van der Waals surface area contributed by atoms with Gasteiger partial charge in [-0.1, -0.05) is 6.07 Å². The van der Waals surface area contributed by atoms with Crippen LogP contribution in [-0.4, -0.2) is 41.8 Å². The second kappa shape index (κ2) is 7.03. The molecule has 128 valence electrons. The van der Waals surface area contributed by atoms with Crippen LogP contribution in [0.2, 0.25) is 0 Å². The van der Waals surface area contributed by atoms with Gasteiger partial charge >= 0.3 is 5.97 Å². The Balaban J connectivity index is 1.52. The lowest BCUT2D eigenvalue weighted by atomic mass is 10.0. The number of ether oxygens (including phenoxy) is 1. The Morgan fingerprint density at radius 1 is 1.12 bits per heavy atom. The second-order valence-corrected chi connectivity index (χ2v) is 6.47. The van der Waals surface area contributed by atoms with Gasteiger partial charge in [0.25, 0.3) is 5.91 Å². The van der Waals surface area contributed by atoms with Crippen LogP contribution in [0.15, 0.2) is 24.3 Å². The van der Waals surface area contributed by atoms with Gasteiger partial charge in [0.2, 0.25) is 5.91 Å². The summed E-state index contributed by atoms with van der Waals surface area (Å²) >= 11 is 0. The number of rotatable bonds is 4. The van der Waals surface area contributed by atoms with Crippen molar-refractivity contribution in [1.82, 2.24) is 10.2 Å². The van der Waals surface area contributed by atoms with Crippen molar-refractivity contribution in [3.8, 4) is 5.75 Å². The molecule has 0 radical (unpaired) electrons. The monoisotopic (exact) mass is 330 g/mol. The van der Waals surface area contributed by atoms with Crippen molar-refractivity contribution in [2.45, 2.75) is 38.6 Å². The smallest absolute Gasteiger partial charge is 0.308 e. The number of likely N-dealkylation sites (tertiary alicyclic amines) is 1. The van der Waals surface area contributed by atoms with Gasteiger partial charge in [0.1, 0.15) is 5.75 Å². The highest BCUT2D eigenvalue weighted by Gasteiger charge is 2.35. The highest BCUT2D eigenvalue weighted by Crippen LogP contribution is 2.31. The number of amides is 2. The zero-order chi connectivity index (χ0) is 17.1. The quantitative estimate of drug-likeness (QED) is 0.674. The van der Waals surface area contributed by atoms with E-state index in [4.69, 9.17) is 4.74 Å². The number of esters is 1. The normalized spacial score (nSPS) is 18.1. The maximum Gasteiger partial charge on any atom is 0.308 e. The first-order chi connectivity index (χ1) is 11.5. The first-order valence-electron chi connectivity index (χ1n) is 8.41. The molecule has 2 amide bonds. The molecule has 1 N–H and O–H groups in total. The molecule has 0 bridgehead atoms. The average Bonchev–Trinajstić information content (AvgIpc) is 3.39. The summed E-state index contributed by atoms with van der Waals surface area (Å²) in [5.41, 5.74) is 0.463. The van der Waals surface area contributed by atoms with E-state index in [2.05, 4.69) is 5.32 Å². The average molecular weight is 330 g/mol. The summed E-state index contributed by atoms with van der Waals surface area (Å²) in [5.74, 6) is 0.283. The molecule has 0 aromatic heterocycles. The van der Waals surface area contributed by atoms with Crippen LogP contribution in [0.25, 0.3) is 0 Å². The van der Waals surface area contributed by atoms with E-state index in [1.54, 1.807) is 24.3 Å². The van der Waals surface area contributed by atoms with Crippen LogP contribution in [0.5, 0.6) is 5.75 Å². The predicted molar refractivity (Wildman–Crippen MR) is 87.5 cm³/mol. The minimum Gasteiger partial charge on any atom is -0.427 e. The largest absolute Gasteiger partial charge is 0.427 e. The molecular formula is C18H22N2O4. The Kier molecular flexibility index (Phi) is 4.83. The summed E-state index contributed by atoms with van der Waals surface area (Å²) < 4.78 is 5.00. The van der Waals surface area contributed by atoms with E-state index in [1.807, 2.05) is 4.90 Å². The Labute approximate surface area is 141 Å². The molecule has 0 spiro atoms. The highest BCUT2D eigenvalue weighted by atomic mass is 16.5. The number of piperidine rings is 1. The minimum absolute atomic E-state index is 0.0677. The van der Waals surface area contributed by atoms with E-state index < -0.39 is 5.97 Å². The van der Waals surface area contributed by atoms with Crippen molar-refractivity contribution in [3.05, 3.63) is 29.8 Å². The number of hydrogen-bond acceptors (Lipinski definition) is 4. The molecule has 1 aromatic carbocycles. The molecule has 3 rings (SSSR count). The zero-order valence-corrected chi connectivity index (χ0v) is 13.8. The molecule has 1 aromatic rings. The molecule has 0 unspecified atom stereocenters. The number of benzene rings is 1. The van der Waals surface area contributed by atoms with Gasteiger partial charge in [-0.15, -0.1) is 0 Å². The van der Waals surface area contributed by atoms with Crippen molar-refractivity contribution in [2.75, 3.05) is 13.1 Å². The van der Waals surface area contributed by atoms with Crippen molar-refractivity contribution < 1.29 is 19.1 Å². The second-order valence-electron chi connectivity index (χ2n) is 6.47. The van der Waals surface area contributed by atoms with Gasteiger partial charge in [-0.3, -0.25) is 14.4 Å². The molecular weight excluding hydrogens is 308 g/mol. The minimum atomic E-state index is -0.416. The van der Waals surface area contributed by atoms with Crippen LogP contribution in [0.1, 0.15) is 43.0 Å². The van der Waals surface area contributed by atoms with Crippen LogP contribution in [0, 0.1) is 5.92 Å². The summed E-state index contributed by atoms with van der Waals surface area (Å²) in [6, 6.07) is 6.64. The fraction of sp³-hybridized carbons (Fsp3) is 0.500. The summed E-state index contributed by atoms with van der Waals surface area (Å²) in [6.45, 7) is 2.73. The Morgan fingerprint density at radius 2 is 1.83 bits per heavy atom. The van der Waals surface area contributed by atoms with Crippen LogP contribution < -0.4 is 10.1 Å². The van der Waals surface area contributed by atoms with Gasteiger partial charge < -0.3 is 15.0 Å². The number of carbonyl (C=O) groups is 3. The summed E-state index contributed by atoms with van der Waals surface area (Å²) in [6.07, 6.45) is 3.59. The summed E-state index contributed by atoms with van der Waals surface area (Å²) in [4.78, 5) is 37.3. The topological polar surface area (TPSA) is 75.7 Å². The lowest BCUT2D eigenvalue weighted by molar-refractivity contribution is -0.134.